The van der Waals surface area contributed by atoms with Gasteiger partial charge < -0.3 is 14.9 Å². The van der Waals surface area contributed by atoms with Crippen molar-refractivity contribution < 1.29 is 23.1 Å². The van der Waals surface area contributed by atoms with E-state index >= 15 is 0 Å². The third-order valence-electron chi connectivity index (χ3n) is 5.55. The van der Waals surface area contributed by atoms with Gasteiger partial charge in [0.2, 0.25) is 10.0 Å². The Labute approximate surface area is 194 Å². The highest BCUT2D eigenvalue weighted by atomic mass is 32.2. The molecule has 0 aliphatic carbocycles. The van der Waals surface area contributed by atoms with Gasteiger partial charge in [-0.05, 0) is 44.8 Å². The van der Waals surface area contributed by atoms with Crippen molar-refractivity contribution in [1.82, 2.24) is 14.1 Å². The second kappa shape index (κ2) is 9.86. The van der Waals surface area contributed by atoms with Crippen molar-refractivity contribution in [1.29, 1.82) is 0 Å². The zero-order chi connectivity index (χ0) is 24.3. The first-order valence-electron chi connectivity index (χ1n) is 10.6. The molecule has 1 unspecified atom stereocenters. The van der Waals surface area contributed by atoms with Crippen LogP contribution in [0, 0.1) is 0 Å². The lowest BCUT2D eigenvalue weighted by atomic mass is 9.95. The predicted octanol–water partition coefficient (Wildman–Crippen LogP) is 2.31. The largest absolute Gasteiger partial charge is 0.507 e. The van der Waals surface area contributed by atoms with E-state index in [4.69, 9.17) is 0 Å². The fourth-order valence-corrected chi connectivity index (χ4v) is 4.77. The van der Waals surface area contributed by atoms with Crippen LogP contribution in [0.2, 0.25) is 0 Å². The average Bonchev–Trinajstić information content (AvgIpc) is 3.04. The summed E-state index contributed by atoms with van der Waals surface area (Å²) in [5.41, 5.74) is 0.806. The molecule has 0 spiro atoms. The Kier molecular flexibility index (Phi) is 7.36. The van der Waals surface area contributed by atoms with Crippen molar-refractivity contribution in [3.05, 3.63) is 71.3 Å². The molecule has 0 radical (unpaired) electrons. The van der Waals surface area contributed by atoms with Gasteiger partial charge in [0.1, 0.15) is 5.76 Å². The van der Waals surface area contributed by atoms with Crippen molar-refractivity contribution in [2.24, 2.45) is 0 Å². The van der Waals surface area contributed by atoms with Crippen molar-refractivity contribution in [2.45, 2.75) is 17.4 Å². The number of benzene rings is 2. The van der Waals surface area contributed by atoms with Crippen LogP contribution in [0.4, 0.5) is 0 Å². The number of ketones is 1. The number of aliphatic hydroxyl groups is 1. The van der Waals surface area contributed by atoms with E-state index in [1.807, 2.05) is 25.1 Å². The molecule has 1 N–H and O–H groups in total. The smallest absolute Gasteiger partial charge is 0.295 e. The highest BCUT2D eigenvalue weighted by molar-refractivity contribution is 7.89. The Hall–Kier alpha value is -3.01. The number of aliphatic hydroxyl groups excluding tert-OH is 1. The quantitative estimate of drug-likeness (QED) is 0.360. The predicted molar refractivity (Wildman–Crippen MR) is 126 cm³/mol. The van der Waals surface area contributed by atoms with Crippen LogP contribution in [0.15, 0.2) is 65.1 Å². The van der Waals surface area contributed by atoms with Crippen LogP contribution in [0.5, 0.6) is 0 Å². The number of hydrogen-bond donors (Lipinski definition) is 1. The molecule has 0 saturated carbocycles. The third-order valence-corrected chi connectivity index (χ3v) is 7.36. The minimum Gasteiger partial charge on any atom is -0.507 e. The maximum Gasteiger partial charge on any atom is 0.295 e. The van der Waals surface area contributed by atoms with Crippen LogP contribution in [0.3, 0.4) is 0 Å². The normalized spacial score (nSPS) is 18.5. The standard InChI is InChI=1S/C24H29N3O5S/c1-25(2)14-9-15-27-21(17-10-6-5-7-11-17)20(23(29)24(27)30)22(28)18-12-8-13-19(16-18)33(31,32)26(3)4/h5-8,10-13,16,21,28H,9,14-15H2,1-4H3. The number of Topliss-reactive ketones (excluding diaryl/α,β-unsaturated/α-hetero) is 1. The summed E-state index contributed by atoms with van der Waals surface area (Å²) in [6.45, 7) is 1.07. The monoisotopic (exact) mass is 471 g/mol. The van der Waals surface area contributed by atoms with Gasteiger partial charge in [0, 0.05) is 26.2 Å². The molecule has 176 valence electrons. The maximum atomic E-state index is 13.1. The van der Waals surface area contributed by atoms with E-state index < -0.39 is 33.5 Å². The summed E-state index contributed by atoms with van der Waals surface area (Å²) < 4.78 is 26.2. The van der Waals surface area contributed by atoms with E-state index in [0.717, 1.165) is 10.8 Å². The summed E-state index contributed by atoms with van der Waals surface area (Å²) in [7, 11) is 2.94. The molecule has 0 aromatic heterocycles. The first-order valence-corrected chi connectivity index (χ1v) is 12.0. The lowest BCUT2D eigenvalue weighted by Gasteiger charge is -2.26. The molecule has 1 atom stereocenters. The summed E-state index contributed by atoms with van der Waals surface area (Å²) >= 11 is 0. The molecule has 3 rings (SSSR count). The van der Waals surface area contributed by atoms with Gasteiger partial charge in [-0.1, -0.05) is 42.5 Å². The number of nitrogens with zero attached hydrogens (tertiary/aromatic N) is 3. The number of amides is 1. The molecule has 9 heteroatoms. The van der Waals surface area contributed by atoms with E-state index in [1.165, 1.54) is 43.3 Å². The molecule has 1 amide bonds. The van der Waals surface area contributed by atoms with Crippen LogP contribution >= 0.6 is 0 Å². The highest BCUT2D eigenvalue weighted by Crippen LogP contribution is 2.39. The molecule has 1 heterocycles. The molecule has 2 aromatic rings. The second-order valence-electron chi connectivity index (χ2n) is 8.38. The molecule has 1 saturated heterocycles. The van der Waals surface area contributed by atoms with E-state index in [2.05, 4.69) is 0 Å². The van der Waals surface area contributed by atoms with Gasteiger partial charge in [0.25, 0.3) is 11.7 Å². The number of carbonyl (C=O) groups is 2. The van der Waals surface area contributed by atoms with Gasteiger partial charge in [-0.2, -0.15) is 0 Å². The Balaban J connectivity index is 2.12. The van der Waals surface area contributed by atoms with Gasteiger partial charge >= 0.3 is 0 Å². The topological polar surface area (TPSA) is 98.2 Å². The van der Waals surface area contributed by atoms with Crippen LogP contribution < -0.4 is 0 Å². The fourth-order valence-electron chi connectivity index (χ4n) is 3.82. The molecule has 1 fully saturated rings. The molecule has 1 aliphatic rings. The second-order valence-corrected chi connectivity index (χ2v) is 10.5. The minimum absolute atomic E-state index is 0.0203. The lowest BCUT2D eigenvalue weighted by molar-refractivity contribution is -0.139. The number of carbonyl (C=O) groups excluding carboxylic acids is 2. The number of hydrogen-bond acceptors (Lipinski definition) is 6. The Bertz CT molecular complexity index is 1170. The van der Waals surface area contributed by atoms with Gasteiger partial charge in [-0.3, -0.25) is 9.59 Å². The van der Waals surface area contributed by atoms with Gasteiger partial charge in [0.05, 0.1) is 16.5 Å². The van der Waals surface area contributed by atoms with E-state index in [9.17, 15) is 23.1 Å². The van der Waals surface area contributed by atoms with E-state index in [-0.39, 0.29) is 16.0 Å². The zero-order valence-electron chi connectivity index (χ0n) is 19.2. The number of sulfonamides is 1. The third kappa shape index (κ3) is 5.00. The van der Waals surface area contributed by atoms with E-state index in [0.29, 0.717) is 18.5 Å². The lowest BCUT2D eigenvalue weighted by Crippen LogP contribution is -2.32. The van der Waals surface area contributed by atoms with Crippen LogP contribution in [-0.4, -0.2) is 80.6 Å². The summed E-state index contributed by atoms with van der Waals surface area (Å²) in [5.74, 6) is -1.86. The summed E-state index contributed by atoms with van der Waals surface area (Å²) in [6, 6.07) is 14.0. The van der Waals surface area contributed by atoms with Crippen LogP contribution in [-0.2, 0) is 19.6 Å². The molecule has 2 aromatic carbocycles. The summed E-state index contributed by atoms with van der Waals surface area (Å²) in [4.78, 5) is 29.4. The summed E-state index contributed by atoms with van der Waals surface area (Å²) in [6.07, 6.45) is 0.653. The molecule has 33 heavy (non-hydrogen) atoms. The van der Waals surface area contributed by atoms with Crippen LogP contribution in [0.25, 0.3) is 5.76 Å². The Morgan fingerprint density at radius 3 is 2.27 bits per heavy atom. The molecule has 0 bridgehead atoms. The first kappa shape index (κ1) is 24.6. The van der Waals surface area contributed by atoms with E-state index in [1.54, 1.807) is 24.3 Å². The molecular weight excluding hydrogens is 442 g/mol. The molecular formula is C24H29N3O5S. The SMILES string of the molecule is CN(C)CCCN1C(=O)C(=O)C(=C(O)c2cccc(S(=O)(=O)N(C)C)c2)C1c1ccccc1. The fraction of sp³-hybridized carbons (Fsp3) is 0.333. The average molecular weight is 472 g/mol. The zero-order valence-corrected chi connectivity index (χ0v) is 20.0. The van der Waals surface area contributed by atoms with Crippen molar-refractivity contribution in [2.75, 3.05) is 41.3 Å². The number of rotatable bonds is 8. The highest BCUT2D eigenvalue weighted by Gasteiger charge is 2.45. The molecule has 1 aliphatic heterocycles. The van der Waals surface area contributed by atoms with Crippen molar-refractivity contribution in [3.63, 3.8) is 0 Å². The Morgan fingerprint density at radius 2 is 1.67 bits per heavy atom. The van der Waals surface area contributed by atoms with Crippen LogP contribution in [0.1, 0.15) is 23.6 Å². The van der Waals surface area contributed by atoms with Crippen molar-refractivity contribution >= 4 is 27.5 Å². The summed E-state index contributed by atoms with van der Waals surface area (Å²) in [5, 5.41) is 11.2. The Morgan fingerprint density at radius 1 is 1.00 bits per heavy atom. The number of likely N-dealkylation sites (tertiary alicyclic amines) is 1. The minimum atomic E-state index is -3.74. The molecule has 8 nitrogen and oxygen atoms in total. The van der Waals surface area contributed by atoms with Gasteiger partial charge in [-0.25, -0.2) is 12.7 Å². The van der Waals surface area contributed by atoms with Gasteiger partial charge in [0.15, 0.2) is 0 Å². The van der Waals surface area contributed by atoms with Gasteiger partial charge in [-0.15, -0.1) is 0 Å². The first-order chi connectivity index (χ1) is 15.6. The van der Waals surface area contributed by atoms with Crippen molar-refractivity contribution in [3.8, 4) is 0 Å². The maximum absolute atomic E-state index is 13.1.